The van der Waals surface area contributed by atoms with Gasteiger partial charge in [0, 0.05) is 24.1 Å². The quantitative estimate of drug-likeness (QED) is 0.503. The van der Waals surface area contributed by atoms with Crippen LogP contribution in [0.15, 0.2) is 48.9 Å². The lowest BCUT2D eigenvalue weighted by Crippen LogP contribution is -2.32. The van der Waals surface area contributed by atoms with Crippen LogP contribution in [0.1, 0.15) is 19.8 Å². The number of hydrogen-bond acceptors (Lipinski definition) is 1. The third-order valence-corrected chi connectivity index (χ3v) is 3.36. The molecule has 0 atom stereocenters. The number of unbranched alkanes of at least 4 members (excludes halogenated alkanes) is 1. The number of rotatable bonds is 3. The van der Waals surface area contributed by atoms with Crippen LogP contribution in [-0.4, -0.2) is 4.98 Å². The Morgan fingerprint density at radius 3 is 2.89 bits per heavy atom. The molecule has 2 aromatic heterocycles. The van der Waals surface area contributed by atoms with Crippen molar-refractivity contribution in [2.75, 3.05) is 0 Å². The van der Waals surface area contributed by atoms with E-state index in [4.69, 9.17) is 0 Å². The normalized spacial score (nSPS) is 11.2. The molecule has 0 bridgehead atoms. The maximum Gasteiger partial charge on any atom is 0.178 e. The van der Waals surface area contributed by atoms with Crippen molar-refractivity contribution in [3.05, 3.63) is 48.9 Å². The number of aryl methyl sites for hydroxylation is 1. The summed E-state index contributed by atoms with van der Waals surface area (Å²) >= 11 is 0. The molecule has 18 heavy (non-hydrogen) atoms. The molecule has 0 saturated carbocycles. The first kappa shape index (κ1) is 11.1. The third-order valence-electron chi connectivity index (χ3n) is 3.36. The number of nitrogens with zero attached hydrogens (tertiary/aromatic N) is 2. The maximum atomic E-state index is 4.52. The van der Waals surface area contributed by atoms with Crippen molar-refractivity contribution >= 4 is 21.7 Å². The van der Waals surface area contributed by atoms with Gasteiger partial charge < -0.3 is 0 Å². The zero-order chi connectivity index (χ0) is 12.4. The van der Waals surface area contributed by atoms with Crippen molar-refractivity contribution in [2.45, 2.75) is 26.3 Å². The van der Waals surface area contributed by atoms with Crippen molar-refractivity contribution in [2.24, 2.45) is 0 Å². The lowest BCUT2D eigenvalue weighted by Gasteiger charge is -2.02. The Kier molecular flexibility index (Phi) is 2.93. The molecule has 0 unspecified atom stereocenters. The van der Waals surface area contributed by atoms with Crippen LogP contribution in [0.5, 0.6) is 0 Å². The number of hydrogen-bond donors (Lipinski definition) is 0. The summed E-state index contributed by atoms with van der Waals surface area (Å²) in [4.78, 5) is 4.52. The van der Waals surface area contributed by atoms with E-state index in [1.807, 2.05) is 12.3 Å². The van der Waals surface area contributed by atoms with Gasteiger partial charge in [0.05, 0.1) is 10.9 Å². The molecule has 2 heteroatoms. The van der Waals surface area contributed by atoms with Crippen LogP contribution in [0.2, 0.25) is 0 Å². The molecule has 0 aliphatic heterocycles. The zero-order valence-electron chi connectivity index (χ0n) is 10.6. The Morgan fingerprint density at radius 1 is 1.11 bits per heavy atom. The second-order valence-electron chi connectivity index (χ2n) is 4.68. The Labute approximate surface area is 107 Å². The smallest absolute Gasteiger partial charge is 0.178 e. The van der Waals surface area contributed by atoms with E-state index < -0.39 is 0 Å². The molecule has 3 aromatic rings. The molecular formula is C16H17N2+. The minimum Gasteiger partial charge on any atom is -0.255 e. The standard InChI is InChI=1S/C16H17N2/c1-2-3-10-18-11-8-13-6-7-14-5-4-9-17-16(14)15(13)12-18/h4-9,11-12H,2-3,10H2,1H3/q+1. The van der Waals surface area contributed by atoms with E-state index in [-0.39, 0.29) is 0 Å². The SMILES string of the molecule is CCCC[n+]1ccc2ccc3cccnc3c2c1. The Bertz CT molecular complexity index is 689. The minimum atomic E-state index is 1.08. The average Bonchev–Trinajstić information content (AvgIpc) is 2.45. The molecule has 0 saturated heterocycles. The first-order chi connectivity index (χ1) is 8.88. The summed E-state index contributed by atoms with van der Waals surface area (Å²) in [7, 11) is 0. The van der Waals surface area contributed by atoms with E-state index in [1.54, 1.807) is 0 Å². The lowest BCUT2D eigenvalue weighted by atomic mass is 10.1. The van der Waals surface area contributed by atoms with Gasteiger partial charge >= 0.3 is 0 Å². The van der Waals surface area contributed by atoms with Crippen molar-refractivity contribution in [1.82, 2.24) is 4.98 Å². The molecular weight excluding hydrogens is 220 g/mol. The van der Waals surface area contributed by atoms with Crippen LogP contribution in [0.3, 0.4) is 0 Å². The fraction of sp³-hybridized carbons (Fsp3) is 0.250. The average molecular weight is 237 g/mol. The van der Waals surface area contributed by atoms with Gasteiger partial charge in [-0.15, -0.1) is 0 Å². The molecule has 0 amide bonds. The van der Waals surface area contributed by atoms with Gasteiger partial charge in [-0.3, -0.25) is 4.98 Å². The van der Waals surface area contributed by atoms with Gasteiger partial charge in [-0.25, -0.2) is 4.57 Å². The van der Waals surface area contributed by atoms with Gasteiger partial charge in [0.25, 0.3) is 0 Å². The summed E-state index contributed by atoms with van der Waals surface area (Å²) in [5.41, 5.74) is 1.10. The van der Waals surface area contributed by atoms with Crippen LogP contribution in [0, 0.1) is 0 Å². The summed E-state index contributed by atoms with van der Waals surface area (Å²) in [6.45, 7) is 3.30. The number of benzene rings is 1. The number of pyridine rings is 2. The highest BCUT2D eigenvalue weighted by Crippen LogP contribution is 2.21. The molecule has 90 valence electrons. The van der Waals surface area contributed by atoms with Crippen LogP contribution >= 0.6 is 0 Å². The predicted octanol–water partition coefficient (Wildman–Crippen LogP) is 3.48. The van der Waals surface area contributed by atoms with E-state index >= 15 is 0 Å². The van der Waals surface area contributed by atoms with Gasteiger partial charge in [-0.05, 0) is 11.5 Å². The molecule has 0 N–H and O–H groups in total. The Balaban J connectivity index is 2.20. The van der Waals surface area contributed by atoms with Crippen molar-refractivity contribution in [3.8, 4) is 0 Å². The summed E-state index contributed by atoms with van der Waals surface area (Å²) in [6, 6.07) is 10.6. The van der Waals surface area contributed by atoms with Crippen molar-refractivity contribution in [3.63, 3.8) is 0 Å². The first-order valence-electron chi connectivity index (χ1n) is 6.55. The number of aromatic nitrogens is 2. The topological polar surface area (TPSA) is 16.8 Å². The lowest BCUT2D eigenvalue weighted by molar-refractivity contribution is -0.696. The minimum absolute atomic E-state index is 1.08. The van der Waals surface area contributed by atoms with E-state index in [2.05, 4.69) is 53.1 Å². The molecule has 0 aliphatic rings. The highest BCUT2D eigenvalue weighted by molar-refractivity contribution is 6.04. The maximum absolute atomic E-state index is 4.52. The zero-order valence-corrected chi connectivity index (χ0v) is 10.6. The van der Waals surface area contributed by atoms with Crippen molar-refractivity contribution < 1.29 is 4.57 Å². The Hall–Kier alpha value is -1.96. The second kappa shape index (κ2) is 4.73. The molecule has 2 heterocycles. The van der Waals surface area contributed by atoms with E-state index in [0.717, 1.165) is 12.1 Å². The first-order valence-corrected chi connectivity index (χ1v) is 6.55. The molecule has 0 radical (unpaired) electrons. The summed E-state index contributed by atoms with van der Waals surface area (Å²) < 4.78 is 2.26. The van der Waals surface area contributed by atoms with Gasteiger partial charge in [-0.1, -0.05) is 31.5 Å². The van der Waals surface area contributed by atoms with Crippen LogP contribution < -0.4 is 4.57 Å². The summed E-state index contributed by atoms with van der Waals surface area (Å²) in [5.74, 6) is 0. The molecule has 2 nitrogen and oxygen atoms in total. The molecule has 0 fully saturated rings. The monoisotopic (exact) mass is 237 g/mol. The molecule has 3 rings (SSSR count). The van der Waals surface area contributed by atoms with Crippen LogP contribution in [0.4, 0.5) is 0 Å². The summed E-state index contributed by atoms with van der Waals surface area (Å²) in [5, 5.41) is 3.71. The van der Waals surface area contributed by atoms with E-state index in [9.17, 15) is 0 Å². The summed E-state index contributed by atoms with van der Waals surface area (Å²) in [6.07, 6.45) is 8.69. The fourth-order valence-corrected chi connectivity index (χ4v) is 2.33. The van der Waals surface area contributed by atoms with E-state index in [0.29, 0.717) is 0 Å². The molecule has 0 spiro atoms. The van der Waals surface area contributed by atoms with Gasteiger partial charge in [0.15, 0.2) is 12.4 Å². The molecule has 0 aliphatic carbocycles. The highest BCUT2D eigenvalue weighted by Gasteiger charge is 2.06. The van der Waals surface area contributed by atoms with Gasteiger partial charge in [0.1, 0.15) is 6.54 Å². The van der Waals surface area contributed by atoms with Crippen LogP contribution in [0.25, 0.3) is 21.7 Å². The third kappa shape index (κ3) is 1.94. The van der Waals surface area contributed by atoms with Gasteiger partial charge in [0.2, 0.25) is 0 Å². The Morgan fingerprint density at radius 2 is 2.00 bits per heavy atom. The van der Waals surface area contributed by atoms with Gasteiger partial charge in [-0.2, -0.15) is 0 Å². The van der Waals surface area contributed by atoms with Crippen LogP contribution in [-0.2, 0) is 6.54 Å². The van der Waals surface area contributed by atoms with Crippen molar-refractivity contribution in [1.29, 1.82) is 0 Å². The van der Waals surface area contributed by atoms with E-state index in [1.165, 1.54) is 29.0 Å². The molecule has 1 aromatic carbocycles. The predicted molar refractivity (Wildman–Crippen MR) is 74.4 cm³/mol. The number of fused-ring (bicyclic) bond motifs is 3. The largest absolute Gasteiger partial charge is 0.255 e. The fourth-order valence-electron chi connectivity index (χ4n) is 2.33. The highest BCUT2D eigenvalue weighted by atomic mass is 14.9. The second-order valence-corrected chi connectivity index (χ2v) is 4.68.